The minimum atomic E-state index is -1.46. The molecule has 0 N–H and O–H groups in total. The minimum absolute atomic E-state index is 0.152. The Balaban J connectivity index is 1.49. The molecule has 35 heavy (non-hydrogen) atoms. The van der Waals surface area contributed by atoms with Crippen LogP contribution in [0.15, 0.2) is 53.8 Å². The lowest BCUT2D eigenvalue weighted by molar-refractivity contribution is 0.0917. The molecular formula is C24H27F2N7OS. The van der Waals surface area contributed by atoms with Gasteiger partial charge < -0.3 is 4.55 Å². The fourth-order valence-electron chi connectivity index (χ4n) is 4.67. The quantitative estimate of drug-likeness (QED) is 0.379. The van der Waals surface area contributed by atoms with Gasteiger partial charge in [-0.3, -0.25) is 4.90 Å². The molecule has 4 aromatic rings. The number of nitrogens with zero attached hydrogens (tertiary/aromatic N) is 7. The second kappa shape index (κ2) is 9.65. The SMILES string of the molecule is Cc1cc2c(cnn2-c2ccc(F)cc2)cc1C1CN([S+]([O-])c2cnn(C)n2)CCN1C[C@@H](C)F. The van der Waals surface area contributed by atoms with Crippen molar-refractivity contribution in [1.29, 1.82) is 0 Å². The lowest BCUT2D eigenvalue weighted by Crippen LogP contribution is -2.51. The molecule has 0 amide bonds. The monoisotopic (exact) mass is 499 g/mol. The predicted octanol–water partition coefficient (Wildman–Crippen LogP) is 3.34. The molecule has 3 heterocycles. The summed E-state index contributed by atoms with van der Waals surface area (Å²) in [4.78, 5) is 3.51. The minimum Gasteiger partial charge on any atom is -0.591 e. The molecular weight excluding hydrogens is 472 g/mol. The van der Waals surface area contributed by atoms with Gasteiger partial charge in [-0.2, -0.15) is 15.0 Å². The van der Waals surface area contributed by atoms with Gasteiger partial charge in [0.25, 0.3) is 0 Å². The lowest BCUT2D eigenvalue weighted by Gasteiger charge is -2.41. The number of hydrogen-bond donors (Lipinski definition) is 0. The molecule has 0 saturated carbocycles. The number of piperazine rings is 1. The molecule has 5 rings (SSSR count). The van der Waals surface area contributed by atoms with Crippen LogP contribution >= 0.6 is 0 Å². The Labute approximate surface area is 205 Å². The average molecular weight is 500 g/mol. The molecule has 0 bridgehead atoms. The number of alkyl halides is 1. The van der Waals surface area contributed by atoms with E-state index in [-0.39, 0.29) is 11.9 Å². The third-order valence-electron chi connectivity index (χ3n) is 6.32. The second-order valence-corrected chi connectivity index (χ2v) is 10.3. The zero-order valence-electron chi connectivity index (χ0n) is 19.8. The van der Waals surface area contributed by atoms with Crippen molar-refractivity contribution in [3.05, 3.63) is 65.7 Å². The summed E-state index contributed by atoms with van der Waals surface area (Å²) >= 11 is -1.46. The molecule has 0 spiro atoms. The lowest BCUT2D eigenvalue weighted by atomic mass is 9.96. The van der Waals surface area contributed by atoms with E-state index in [1.165, 1.54) is 23.1 Å². The molecule has 2 aromatic heterocycles. The van der Waals surface area contributed by atoms with E-state index >= 15 is 0 Å². The van der Waals surface area contributed by atoms with Crippen LogP contribution in [0.2, 0.25) is 0 Å². The van der Waals surface area contributed by atoms with Gasteiger partial charge in [0, 0.05) is 25.5 Å². The van der Waals surface area contributed by atoms with Gasteiger partial charge in [0.05, 0.1) is 36.5 Å². The Morgan fingerprint density at radius 2 is 1.91 bits per heavy atom. The standard InChI is InChI=1S/C24H27F2N7OS/c1-16-10-22-18(12-28-33(22)20-6-4-19(26)5-7-20)11-21(16)23-15-32(9-8-31(23)14-17(2)25)35(34)24-13-27-30(3)29-24/h4-7,10-13,17,23H,8-9,14-15H2,1-3H3/t17-,23?,35?/m1/s1. The highest BCUT2D eigenvalue weighted by Crippen LogP contribution is 2.33. The summed E-state index contributed by atoms with van der Waals surface area (Å²) in [5.41, 5.74) is 3.73. The topological polar surface area (TPSA) is 78.1 Å². The Kier molecular flexibility index (Phi) is 6.58. The molecule has 1 saturated heterocycles. The van der Waals surface area contributed by atoms with Crippen molar-refractivity contribution >= 4 is 22.3 Å². The fraction of sp³-hybridized carbons (Fsp3) is 0.375. The molecule has 2 aromatic carbocycles. The van der Waals surface area contributed by atoms with Crippen molar-refractivity contribution in [3.8, 4) is 5.69 Å². The maximum absolute atomic E-state index is 14.1. The number of halogens is 2. The van der Waals surface area contributed by atoms with Gasteiger partial charge in [-0.1, -0.05) is 0 Å². The van der Waals surface area contributed by atoms with Crippen LogP contribution < -0.4 is 0 Å². The van der Waals surface area contributed by atoms with Crippen molar-refractivity contribution in [2.24, 2.45) is 7.05 Å². The first-order valence-electron chi connectivity index (χ1n) is 11.5. The van der Waals surface area contributed by atoms with Crippen LogP contribution in [0.25, 0.3) is 16.6 Å². The van der Waals surface area contributed by atoms with Crippen LogP contribution in [0.5, 0.6) is 0 Å². The van der Waals surface area contributed by atoms with Gasteiger partial charge in [-0.05, 0) is 61.4 Å². The van der Waals surface area contributed by atoms with E-state index in [1.54, 1.807) is 37.0 Å². The van der Waals surface area contributed by atoms with Gasteiger partial charge in [0.15, 0.2) is 0 Å². The van der Waals surface area contributed by atoms with Crippen LogP contribution in [0.4, 0.5) is 8.78 Å². The predicted molar refractivity (Wildman–Crippen MR) is 130 cm³/mol. The first-order valence-corrected chi connectivity index (χ1v) is 12.6. The highest BCUT2D eigenvalue weighted by atomic mass is 32.2. The molecule has 1 aliphatic heterocycles. The molecule has 8 nitrogen and oxygen atoms in total. The Morgan fingerprint density at radius 3 is 2.60 bits per heavy atom. The van der Waals surface area contributed by atoms with E-state index < -0.39 is 17.5 Å². The average Bonchev–Trinajstić information content (AvgIpc) is 3.44. The van der Waals surface area contributed by atoms with Gasteiger partial charge in [0.1, 0.15) is 29.5 Å². The molecule has 11 heteroatoms. The maximum atomic E-state index is 14.1. The normalized spacial score (nSPS) is 19.3. The summed E-state index contributed by atoms with van der Waals surface area (Å²) in [5.74, 6) is -0.299. The molecule has 0 aliphatic carbocycles. The van der Waals surface area contributed by atoms with Crippen molar-refractivity contribution in [2.45, 2.75) is 31.1 Å². The number of aryl methyl sites for hydroxylation is 2. The van der Waals surface area contributed by atoms with E-state index in [2.05, 4.69) is 32.3 Å². The van der Waals surface area contributed by atoms with Crippen molar-refractivity contribution in [3.63, 3.8) is 0 Å². The smallest absolute Gasteiger partial charge is 0.304 e. The van der Waals surface area contributed by atoms with E-state index in [1.807, 2.05) is 11.2 Å². The van der Waals surface area contributed by atoms with Gasteiger partial charge >= 0.3 is 5.03 Å². The van der Waals surface area contributed by atoms with E-state index in [0.717, 1.165) is 27.7 Å². The summed E-state index contributed by atoms with van der Waals surface area (Å²) in [5, 5.41) is 14.1. The van der Waals surface area contributed by atoms with Crippen LogP contribution in [-0.4, -0.2) is 70.9 Å². The van der Waals surface area contributed by atoms with E-state index in [0.29, 0.717) is 31.2 Å². The number of hydrogen-bond acceptors (Lipinski definition) is 6. The zero-order valence-corrected chi connectivity index (χ0v) is 20.6. The van der Waals surface area contributed by atoms with Crippen LogP contribution in [0.3, 0.4) is 0 Å². The first kappa shape index (κ1) is 23.9. The highest BCUT2D eigenvalue weighted by Gasteiger charge is 2.37. The third kappa shape index (κ3) is 4.81. The number of benzene rings is 2. The van der Waals surface area contributed by atoms with Crippen LogP contribution in [0, 0.1) is 12.7 Å². The molecule has 0 radical (unpaired) electrons. The van der Waals surface area contributed by atoms with Gasteiger partial charge in [-0.25, -0.2) is 13.5 Å². The molecule has 1 fully saturated rings. The second-order valence-electron chi connectivity index (χ2n) is 8.90. The number of fused-ring (bicyclic) bond motifs is 1. The third-order valence-corrected chi connectivity index (χ3v) is 7.66. The molecule has 1 aliphatic rings. The van der Waals surface area contributed by atoms with E-state index in [4.69, 9.17) is 0 Å². The maximum Gasteiger partial charge on any atom is 0.304 e. The van der Waals surface area contributed by atoms with Crippen molar-refractivity contribution < 1.29 is 13.3 Å². The summed E-state index contributed by atoms with van der Waals surface area (Å²) < 4.78 is 44.3. The summed E-state index contributed by atoms with van der Waals surface area (Å²) in [6.07, 6.45) is 2.31. The zero-order chi connectivity index (χ0) is 24.7. The number of aromatic nitrogens is 5. The van der Waals surface area contributed by atoms with Crippen molar-refractivity contribution in [1.82, 2.24) is 34.0 Å². The Morgan fingerprint density at radius 1 is 1.14 bits per heavy atom. The molecule has 184 valence electrons. The first-order chi connectivity index (χ1) is 16.8. The largest absolute Gasteiger partial charge is 0.591 e. The summed E-state index contributed by atoms with van der Waals surface area (Å²) in [7, 11) is 1.69. The van der Waals surface area contributed by atoms with Crippen molar-refractivity contribution in [2.75, 3.05) is 26.2 Å². The van der Waals surface area contributed by atoms with Crippen LogP contribution in [0.1, 0.15) is 24.1 Å². The number of rotatable bonds is 6. The van der Waals surface area contributed by atoms with Gasteiger partial charge in [-0.15, -0.1) is 9.40 Å². The molecule has 3 atom stereocenters. The summed E-state index contributed by atoms with van der Waals surface area (Å²) in [6, 6.07) is 10.2. The Hall–Kier alpha value is -2.86. The fourth-order valence-corrected chi connectivity index (χ4v) is 5.78. The molecule has 2 unspecified atom stereocenters. The van der Waals surface area contributed by atoms with E-state index in [9.17, 15) is 13.3 Å². The van der Waals surface area contributed by atoms with Crippen LogP contribution in [-0.2, 0) is 18.4 Å². The summed E-state index contributed by atoms with van der Waals surface area (Å²) in [6.45, 7) is 5.46. The Bertz CT molecular complexity index is 1320. The highest BCUT2D eigenvalue weighted by molar-refractivity contribution is 7.89. The van der Waals surface area contributed by atoms with Gasteiger partial charge in [0.2, 0.25) is 0 Å².